The Morgan fingerprint density at radius 2 is 2.17 bits per heavy atom. The molecule has 7 nitrogen and oxygen atoms in total. The van der Waals surface area contributed by atoms with E-state index in [2.05, 4.69) is 20.6 Å². The first-order valence-electron chi connectivity index (χ1n) is 7.80. The highest BCUT2D eigenvalue weighted by atomic mass is 16.2. The monoisotopic (exact) mass is 325 g/mol. The molecule has 2 aromatic rings. The molecule has 0 bridgehead atoms. The minimum absolute atomic E-state index is 0.0708. The van der Waals surface area contributed by atoms with Crippen LogP contribution in [0.1, 0.15) is 32.5 Å². The van der Waals surface area contributed by atoms with Crippen LogP contribution < -0.4 is 10.6 Å². The van der Waals surface area contributed by atoms with Crippen molar-refractivity contribution >= 4 is 11.8 Å². The summed E-state index contributed by atoms with van der Waals surface area (Å²) in [5.41, 5.74) is 1.75. The molecule has 3 heterocycles. The Balaban J connectivity index is 1.83. The van der Waals surface area contributed by atoms with Crippen molar-refractivity contribution in [2.24, 2.45) is 0 Å². The molecule has 0 spiro atoms. The van der Waals surface area contributed by atoms with Gasteiger partial charge in [-0.15, -0.1) is 0 Å². The molecule has 1 aliphatic heterocycles. The molecule has 124 valence electrons. The summed E-state index contributed by atoms with van der Waals surface area (Å²) in [6.45, 7) is 2.03. The standard InChI is InChI=1S/C17H19N5O2/c1-18-16(23)14-5-4-13(10-21-14)17(24)22-8-7-20-11-15(22)12-3-2-6-19-9-12/h2-6,9-10,15,20H,7-8,11H2,1H3,(H,18,23). The zero-order chi connectivity index (χ0) is 16.9. The second kappa shape index (κ2) is 7.18. The van der Waals surface area contributed by atoms with E-state index in [-0.39, 0.29) is 23.6 Å². The summed E-state index contributed by atoms with van der Waals surface area (Å²) in [5, 5.41) is 5.82. The van der Waals surface area contributed by atoms with Crippen LogP contribution in [0, 0.1) is 0 Å². The molecule has 0 radical (unpaired) electrons. The van der Waals surface area contributed by atoms with Crippen LogP contribution in [0.25, 0.3) is 0 Å². The number of piperazine rings is 1. The third kappa shape index (κ3) is 3.26. The maximum atomic E-state index is 12.9. The van der Waals surface area contributed by atoms with Crippen molar-refractivity contribution in [1.82, 2.24) is 25.5 Å². The maximum Gasteiger partial charge on any atom is 0.269 e. The molecule has 24 heavy (non-hydrogen) atoms. The number of amides is 2. The van der Waals surface area contributed by atoms with E-state index in [4.69, 9.17) is 0 Å². The molecule has 0 saturated carbocycles. The van der Waals surface area contributed by atoms with Crippen LogP contribution >= 0.6 is 0 Å². The maximum absolute atomic E-state index is 12.9. The van der Waals surface area contributed by atoms with E-state index in [9.17, 15) is 9.59 Å². The van der Waals surface area contributed by atoms with E-state index in [1.807, 2.05) is 17.0 Å². The van der Waals surface area contributed by atoms with Gasteiger partial charge in [0.25, 0.3) is 11.8 Å². The van der Waals surface area contributed by atoms with Crippen molar-refractivity contribution < 1.29 is 9.59 Å². The number of pyridine rings is 2. The average Bonchev–Trinajstić information content (AvgIpc) is 2.67. The fourth-order valence-electron chi connectivity index (χ4n) is 2.77. The number of carbonyl (C=O) groups is 2. The molecule has 1 aliphatic rings. The van der Waals surface area contributed by atoms with Gasteiger partial charge in [0, 0.05) is 45.3 Å². The topological polar surface area (TPSA) is 87.2 Å². The van der Waals surface area contributed by atoms with Crippen LogP contribution in [0.3, 0.4) is 0 Å². The van der Waals surface area contributed by atoms with Gasteiger partial charge in [-0.25, -0.2) is 0 Å². The predicted octanol–water partition coefficient (Wildman–Crippen LogP) is 0.623. The first-order chi connectivity index (χ1) is 11.7. The van der Waals surface area contributed by atoms with Gasteiger partial charge >= 0.3 is 0 Å². The van der Waals surface area contributed by atoms with E-state index in [0.717, 1.165) is 12.1 Å². The lowest BCUT2D eigenvalue weighted by atomic mass is 10.0. The molecule has 1 saturated heterocycles. The predicted molar refractivity (Wildman–Crippen MR) is 88.5 cm³/mol. The molecular weight excluding hydrogens is 306 g/mol. The van der Waals surface area contributed by atoms with Crippen molar-refractivity contribution in [3.05, 3.63) is 59.7 Å². The highest BCUT2D eigenvalue weighted by Gasteiger charge is 2.29. The van der Waals surface area contributed by atoms with E-state index in [0.29, 0.717) is 18.7 Å². The number of rotatable bonds is 3. The van der Waals surface area contributed by atoms with Crippen molar-refractivity contribution in [3.63, 3.8) is 0 Å². The van der Waals surface area contributed by atoms with Gasteiger partial charge in [-0.05, 0) is 23.8 Å². The van der Waals surface area contributed by atoms with Crippen LogP contribution in [-0.4, -0.2) is 53.4 Å². The van der Waals surface area contributed by atoms with Crippen molar-refractivity contribution in [2.45, 2.75) is 6.04 Å². The van der Waals surface area contributed by atoms with Gasteiger partial charge in [-0.2, -0.15) is 0 Å². The zero-order valence-corrected chi connectivity index (χ0v) is 13.4. The van der Waals surface area contributed by atoms with Crippen LogP contribution in [0.4, 0.5) is 0 Å². The van der Waals surface area contributed by atoms with E-state index in [1.165, 1.54) is 6.20 Å². The molecule has 1 atom stereocenters. The smallest absolute Gasteiger partial charge is 0.269 e. The zero-order valence-electron chi connectivity index (χ0n) is 13.4. The third-order valence-electron chi connectivity index (χ3n) is 4.04. The fourth-order valence-corrected chi connectivity index (χ4v) is 2.77. The number of nitrogens with one attached hydrogen (secondary N) is 2. The number of hydrogen-bond acceptors (Lipinski definition) is 5. The van der Waals surface area contributed by atoms with Crippen LogP contribution in [0.5, 0.6) is 0 Å². The van der Waals surface area contributed by atoms with Gasteiger partial charge < -0.3 is 15.5 Å². The third-order valence-corrected chi connectivity index (χ3v) is 4.04. The molecule has 3 rings (SSSR count). The van der Waals surface area contributed by atoms with Gasteiger partial charge in [-0.1, -0.05) is 6.07 Å². The Labute approximate surface area is 140 Å². The van der Waals surface area contributed by atoms with Gasteiger partial charge in [0.2, 0.25) is 0 Å². The fraction of sp³-hybridized carbons (Fsp3) is 0.294. The molecular formula is C17H19N5O2. The number of nitrogens with zero attached hydrogens (tertiary/aromatic N) is 3. The number of aromatic nitrogens is 2. The summed E-state index contributed by atoms with van der Waals surface area (Å²) in [4.78, 5) is 34.5. The van der Waals surface area contributed by atoms with Gasteiger partial charge in [0.15, 0.2) is 0 Å². The Morgan fingerprint density at radius 3 is 2.83 bits per heavy atom. The van der Waals surface area contributed by atoms with Crippen molar-refractivity contribution in [1.29, 1.82) is 0 Å². The minimum atomic E-state index is -0.274. The van der Waals surface area contributed by atoms with E-state index >= 15 is 0 Å². The Bertz CT molecular complexity index is 718. The lowest BCUT2D eigenvalue weighted by Gasteiger charge is -2.36. The summed E-state index contributed by atoms with van der Waals surface area (Å²) < 4.78 is 0. The van der Waals surface area contributed by atoms with Gasteiger partial charge in [0.1, 0.15) is 5.69 Å². The molecule has 2 N–H and O–H groups in total. The summed E-state index contributed by atoms with van der Waals surface area (Å²) >= 11 is 0. The lowest BCUT2D eigenvalue weighted by Crippen LogP contribution is -2.48. The summed E-state index contributed by atoms with van der Waals surface area (Å²) in [6, 6.07) is 6.97. The molecule has 7 heteroatoms. The van der Waals surface area contributed by atoms with E-state index in [1.54, 1.807) is 31.6 Å². The normalized spacial score (nSPS) is 17.4. The van der Waals surface area contributed by atoms with Crippen LogP contribution in [0.15, 0.2) is 42.9 Å². The largest absolute Gasteiger partial charge is 0.354 e. The molecule has 0 aromatic carbocycles. The second-order valence-electron chi connectivity index (χ2n) is 5.52. The summed E-state index contributed by atoms with van der Waals surface area (Å²) in [7, 11) is 1.54. The highest BCUT2D eigenvalue weighted by Crippen LogP contribution is 2.23. The summed E-state index contributed by atoms with van der Waals surface area (Å²) in [6.07, 6.45) is 4.95. The van der Waals surface area contributed by atoms with Crippen LogP contribution in [0.2, 0.25) is 0 Å². The molecule has 1 fully saturated rings. The Morgan fingerprint density at radius 1 is 1.29 bits per heavy atom. The van der Waals surface area contributed by atoms with Crippen molar-refractivity contribution in [3.8, 4) is 0 Å². The molecule has 1 unspecified atom stereocenters. The Kier molecular flexibility index (Phi) is 4.81. The molecule has 2 aromatic heterocycles. The van der Waals surface area contributed by atoms with Crippen LogP contribution in [-0.2, 0) is 0 Å². The lowest BCUT2D eigenvalue weighted by molar-refractivity contribution is 0.0633. The van der Waals surface area contributed by atoms with Gasteiger partial charge in [0.05, 0.1) is 11.6 Å². The molecule has 2 amide bonds. The van der Waals surface area contributed by atoms with Crippen molar-refractivity contribution in [2.75, 3.05) is 26.7 Å². The first kappa shape index (κ1) is 16.1. The number of hydrogen-bond donors (Lipinski definition) is 2. The highest BCUT2D eigenvalue weighted by molar-refractivity contribution is 5.96. The summed E-state index contributed by atoms with van der Waals surface area (Å²) in [5.74, 6) is -0.370. The minimum Gasteiger partial charge on any atom is -0.354 e. The molecule has 0 aliphatic carbocycles. The van der Waals surface area contributed by atoms with E-state index < -0.39 is 0 Å². The average molecular weight is 325 g/mol. The second-order valence-corrected chi connectivity index (χ2v) is 5.52. The number of carbonyl (C=O) groups excluding carboxylic acids is 2. The SMILES string of the molecule is CNC(=O)c1ccc(C(=O)N2CCNCC2c2cccnc2)cn1. The van der Waals surface area contributed by atoms with Gasteiger partial charge in [-0.3, -0.25) is 19.6 Å². The quantitative estimate of drug-likeness (QED) is 0.864. The first-order valence-corrected chi connectivity index (χ1v) is 7.80. The Hall–Kier alpha value is -2.80.